The van der Waals surface area contributed by atoms with Crippen molar-refractivity contribution < 1.29 is 9.53 Å². The number of carbonyl (C=O) groups excluding carboxylic acids is 1. The number of anilines is 1. The molecule has 0 aliphatic heterocycles. The molecule has 1 amide bonds. The highest BCUT2D eigenvalue weighted by atomic mass is 32.1. The Morgan fingerprint density at radius 2 is 1.70 bits per heavy atom. The van der Waals surface area contributed by atoms with Crippen molar-refractivity contribution in [3.63, 3.8) is 0 Å². The van der Waals surface area contributed by atoms with Crippen molar-refractivity contribution in [3.05, 3.63) is 59.7 Å². The number of rotatable bonds is 4. The monoisotopic (exact) mass is 329 g/mol. The summed E-state index contributed by atoms with van der Waals surface area (Å²) in [4.78, 5) is 12.0. The van der Waals surface area contributed by atoms with Crippen LogP contribution in [0.1, 0.15) is 22.8 Å². The summed E-state index contributed by atoms with van der Waals surface area (Å²) in [6, 6.07) is 14.7. The molecule has 0 radical (unpaired) electrons. The highest BCUT2D eigenvalue weighted by molar-refractivity contribution is 7.80. The fourth-order valence-corrected chi connectivity index (χ4v) is 2.08. The minimum atomic E-state index is -0.280. The van der Waals surface area contributed by atoms with Crippen LogP contribution in [0.15, 0.2) is 48.5 Å². The lowest BCUT2D eigenvalue weighted by molar-refractivity contribution is 0.0944. The molecule has 0 aliphatic rings. The fraction of sp³-hybridized carbons (Fsp3) is 0.176. The summed E-state index contributed by atoms with van der Waals surface area (Å²) in [5.41, 5.74) is 7.84. The number of methoxy groups -OCH3 is 1. The molecule has 0 saturated carbocycles. The number of aryl methyl sites for hydroxylation is 1. The lowest BCUT2D eigenvalue weighted by atomic mass is 10.1. The lowest BCUT2D eigenvalue weighted by Crippen LogP contribution is -2.43. The Morgan fingerprint density at radius 3 is 2.26 bits per heavy atom. The zero-order valence-corrected chi connectivity index (χ0v) is 13.9. The first kappa shape index (κ1) is 16.8. The van der Waals surface area contributed by atoms with Crippen LogP contribution < -0.4 is 20.9 Å². The molecule has 0 bridgehead atoms. The molecule has 23 heavy (non-hydrogen) atoms. The Bertz CT molecular complexity index is 669. The van der Waals surface area contributed by atoms with Gasteiger partial charge in [0, 0.05) is 11.3 Å². The van der Waals surface area contributed by atoms with Gasteiger partial charge in [0.1, 0.15) is 5.75 Å². The molecule has 0 spiro atoms. The normalized spacial score (nSPS) is 9.83. The van der Waals surface area contributed by atoms with Crippen LogP contribution >= 0.6 is 12.2 Å². The van der Waals surface area contributed by atoms with Crippen molar-refractivity contribution in [2.24, 2.45) is 0 Å². The van der Waals surface area contributed by atoms with Crippen molar-refractivity contribution in [1.29, 1.82) is 0 Å². The van der Waals surface area contributed by atoms with Gasteiger partial charge in [-0.25, -0.2) is 0 Å². The molecule has 0 aliphatic carbocycles. The smallest absolute Gasteiger partial charge is 0.269 e. The number of hydrogen-bond donors (Lipinski definition) is 3. The van der Waals surface area contributed by atoms with Crippen molar-refractivity contribution >= 4 is 28.9 Å². The summed E-state index contributed by atoms with van der Waals surface area (Å²) in [5.74, 6) is 0.417. The number of carbonyl (C=O) groups is 1. The summed E-state index contributed by atoms with van der Waals surface area (Å²) < 4.78 is 5.05. The third kappa shape index (κ3) is 4.96. The average molecular weight is 329 g/mol. The van der Waals surface area contributed by atoms with Crippen LogP contribution in [-0.4, -0.2) is 18.1 Å². The molecule has 2 aromatic carbocycles. The van der Waals surface area contributed by atoms with E-state index in [0.717, 1.165) is 12.1 Å². The topological polar surface area (TPSA) is 62.4 Å². The minimum absolute atomic E-state index is 0.280. The highest BCUT2D eigenvalue weighted by Gasteiger charge is 2.06. The summed E-state index contributed by atoms with van der Waals surface area (Å²) in [6.45, 7) is 2.10. The maximum Gasteiger partial charge on any atom is 0.269 e. The van der Waals surface area contributed by atoms with Gasteiger partial charge >= 0.3 is 0 Å². The summed E-state index contributed by atoms with van der Waals surface area (Å²) in [6.07, 6.45) is 0.987. The van der Waals surface area contributed by atoms with Gasteiger partial charge in [0.15, 0.2) is 5.11 Å². The molecule has 0 saturated heterocycles. The summed E-state index contributed by atoms with van der Waals surface area (Å²) in [5, 5.41) is 3.32. The van der Waals surface area contributed by atoms with Gasteiger partial charge in [0.2, 0.25) is 0 Å². The maximum atomic E-state index is 12.0. The molecule has 3 N–H and O–H groups in total. The second-order valence-corrected chi connectivity index (χ2v) is 5.22. The van der Waals surface area contributed by atoms with Crippen molar-refractivity contribution in [1.82, 2.24) is 10.9 Å². The first-order valence-electron chi connectivity index (χ1n) is 7.22. The average Bonchev–Trinajstić information content (AvgIpc) is 2.60. The quantitative estimate of drug-likeness (QED) is 0.595. The molecule has 0 aromatic heterocycles. The molecule has 2 aromatic rings. The lowest BCUT2D eigenvalue weighted by Gasteiger charge is -2.12. The van der Waals surface area contributed by atoms with Crippen molar-refractivity contribution in [2.45, 2.75) is 13.3 Å². The second-order valence-electron chi connectivity index (χ2n) is 4.81. The van der Waals surface area contributed by atoms with E-state index >= 15 is 0 Å². The Morgan fingerprint density at radius 1 is 1.04 bits per heavy atom. The Balaban J connectivity index is 1.83. The molecule has 0 unspecified atom stereocenters. The maximum absolute atomic E-state index is 12.0. The van der Waals surface area contributed by atoms with Gasteiger partial charge in [-0.3, -0.25) is 15.6 Å². The van der Waals surface area contributed by atoms with E-state index in [4.69, 9.17) is 17.0 Å². The van der Waals surface area contributed by atoms with Crippen LogP contribution in [-0.2, 0) is 6.42 Å². The van der Waals surface area contributed by atoms with Crippen molar-refractivity contribution in [2.75, 3.05) is 12.4 Å². The number of amides is 1. The van der Waals surface area contributed by atoms with E-state index in [-0.39, 0.29) is 5.91 Å². The molecule has 0 fully saturated rings. The van der Waals surface area contributed by atoms with Gasteiger partial charge in [0.05, 0.1) is 7.11 Å². The number of ether oxygens (including phenoxy) is 1. The molecule has 6 heteroatoms. The zero-order chi connectivity index (χ0) is 16.7. The third-order valence-electron chi connectivity index (χ3n) is 3.26. The Kier molecular flexibility index (Phi) is 5.94. The van der Waals surface area contributed by atoms with E-state index in [1.54, 1.807) is 31.4 Å². The number of hydrazine groups is 1. The van der Waals surface area contributed by atoms with Gasteiger partial charge in [-0.05, 0) is 60.6 Å². The molecular weight excluding hydrogens is 310 g/mol. The van der Waals surface area contributed by atoms with Gasteiger partial charge < -0.3 is 10.1 Å². The van der Waals surface area contributed by atoms with E-state index in [2.05, 4.69) is 23.1 Å². The standard InChI is InChI=1S/C17H19N3O2S/c1-3-12-4-8-14(9-5-12)18-17(23)20-19-16(21)13-6-10-15(22-2)11-7-13/h4-11H,3H2,1-2H3,(H,19,21)(H2,18,20,23). The van der Waals surface area contributed by atoms with Gasteiger partial charge in [-0.15, -0.1) is 0 Å². The van der Waals surface area contributed by atoms with Crippen LogP contribution in [0, 0.1) is 0 Å². The van der Waals surface area contributed by atoms with E-state index in [1.165, 1.54) is 5.56 Å². The summed E-state index contributed by atoms with van der Waals surface area (Å²) in [7, 11) is 1.58. The molecule has 0 atom stereocenters. The number of nitrogens with one attached hydrogen (secondary N) is 3. The fourth-order valence-electron chi connectivity index (χ4n) is 1.91. The molecular formula is C17H19N3O2S. The second kappa shape index (κ2) is 8.14. The molecule has 2 rings (SSSR count). The van der Waals surface area contributed by atoms with E-state index in [1.807, 2.05) is 24.3 Å². The first-order valence-corrected chi connectivity index (χ1v) is 7.63. The first-order chi connectivity index (χ1) is 11.1. The molecule has 0 heterocycles. The predicted molar refractivity (Wildman–Crippen MR) is 95.6 cm³/mol. The van der Waals surface area contributed by atoms with Crippen LogP contribution in [0.5, 0.6) is 5.75 Å². The van der Waals surface area contributed by atoms with Crippen molar-refractivity contribution in [3.8, 4) is 5.75 Å². The van der Waals surface area contributed by atoms with E-state index < -0.39 is 0 Å². The number of benzene rings is 2. The van der Waals surface area contributed by atoms with Crippen LogP contribution in [0.3, 0.4) is 0 Å². The highest BCUT2D eigenvalue weighted by Crippen LogP contribution is 2.11. The van der Waals surface area contributed by atoms with Gasteiger partial charge in [0.25, 0.3) is 5.91 Å². The SMILES string of the molecule is CCc1ccc(NC(=S)NNC(=O)c2ccc(OC)cc2)cc1. The van der Waals surface area contributed by atoms with Crippen LogP contribution in [0.4, 0.5) is 5.69 Å². The third-order valence-corrected chi connectivity index (χ3v) is 3.47. The Labute approximate surface area is 141 Å². The van der Waals surface area contributed by atoms with Gasteiger partial charge in [-0.2, -0.15) is 0 Å². The Hall–Kier alpha value is -2.60. The van der Waals surface area contributed by atoms with E-state index in [0.29, 0.717) is 16.4 Å². The summed E-state index contributed by atoms with van der Waals surface area (Å²) >= 11 is 5.15. The minimum Gasteiger partial charge on any atom is -0.497 e. The van der Waals surface area contributed by atoms with Crippen LogP contribution in [0.25, 0.3) is 0 Å². The largest absolute Gasteiger partial charge is 0.497 e. The molecule has 5 nitrogen and oxygen atoms in total. The zero-order valence-electron chi connectivity index (χ0n) is 13.1. The van der Waals surface area contributed by atoms with E-state index in [9.17, 15) is 4.79 Å². The molecule has 120 valence electrons. The number of hydrogen-bond acceptors (Lipinski definition) is 3. The predicted octanol–water partition coefficient (Wildman–Crippen LogP) is 2.89. The van der Waals surface area contributed by atoms with Gasteiger partial charge in [-0.1, -0.05) is 19.1 Å². The number of thiocarbonyl (C=S) groups is 1. The van der Waals surface area contributed by atoms with Crippen LogP contribution in [0.2, 0.25) is 0 Å².